The Morgan fingerprint density at radius 1 is 1.11 bits per heavy atom. The number of hydrogen-bond donors (Lipinski definition) is 0. The summed E-state index contributed by atoms with van der Waals surface area (Å²) in [6.07, 6.45) is 0. The molecular weight excluding hydrogens is 380 g/mol. The van der Waals surface area contributed by atoms with Crippen molar-refractivity contribution >= 4 is 15.7 Å². The molecule has 28 heavy (non-hydrogen) atoms. The average Bonchev–Trinajstić information content (AvgIpc) is 2.70. The van der Waals surface area contributed by atoms with Crippen LogP contribution < -0.4 is 0 Å². The van der Waals surface area contributed by atoms with Crippen LogP contribution in [-0.2, 0) is 10.0 Å². The van der Waals surface area contributed by atoms with Crippen LogP contribution >= 0.6 is 0 Å². The number of benzene rings is 2. The van der Waals surface area contributed by atoms with Crippen LogP contribution in [0.25, 0.3) is 0 Å². The van der Waals surface area contributed by atoms with E-state index in [-0.39, 0.29) is 23.7 Å². The van der Waals surface area contributed by atoms with Crippen LogP contribution in [0.3, 0.4) is 0 Å². The quantitative estimate of drug-likeness (QED) is 0.564. The minimum Gasteiger partial charge on any atom is -0.282 e. The van der Waals surface area contributed by atoms with Crippen LogP contribution in [0.2, 0.25) is 0 Å². The van der Waals surface area contributed by atoms with E-state index in [4.69, 9.17) is 0 Å². The van der Waals surface area contributed by atoms with E-state index in [1.165, 1.54) is 16.4 Å². The molecule has 1 fully saturated rings. The highest BCUT2D eigenvalue weighted by Gasteiger charge is 2.33. The van der Waals surface area contributed by atoms with Gasteiger partial charge in [-0.05, 0) is 18.1 Å². The number of nitro groups is 1. The van der Waals surface area contributed by atoms with Crippen molar-refractivity contribution in [1.29, 1.82) is 5.26 Å². The lowest BCUT2D eigenvalue weighted by Crippen LogP contribution is -2.49. The van der Waals surface area contributed by atoms with E-state index in [2.05, 4.69) is 6.07 Å². The number of rotatable bonds is 5. The summed E-state index contributed by atoms with van der Waals surface area (Å²) < 4.78 is 27.4. The molecule has 0 saturated carbocycles. The van der Waals surface area contributed by atoms with Crippen LogP contribution in [0.5, 0.6) is 0 Å². The molecule has 1 saturated heterocycles. The summed E-state index contributed by atoms with van der Waals surface area (Å²) in [5, 5.41) is 20.6. The van der Waals surface area contributed by atoms with E-state index >= 15 is 0 Å². The van der Waals surface area contributed by atoms with Crippen molar-refractivity contribution in [3.8, 4) is 6.07 Å². The Hall–Kier alpha value is -2.80. The molecule has 0 amide bonds. The van der Waals surface area contributed by atoms with Gasteiger partial charge in [0.2, 0.25) is 10.0 Å². The molecule has 1 atom stereocenters. The minimum absolute atomic E-state index is 0.0463. The summed E-state index contributed by atoms with van der Waals surface area (Å²) >= 11 is 0. The van der Waals surface area contributed by atoms with E-state index in [0.717, 1.165) is 11.6 Å². The fourth-order valence-electron chi connectivity index (χ4n) is 3.32. The maximum atomic E-state index is 13.0. The number of piperazine rings is 1. The first-order chi connectivity index (χ1) is 13.3. The fraction of sp³-hybridized carbons (Fsp3) is 0.316. The Bertz CT molecular complexity index is 1010. The number of nitrogens with zero attached hydrogens (tertiary/aromatic N) is 4. The van der Waals surface area contributed by atoms with Gasteiger partial charge in [-0.3, -0.25) is 15.0 Å². The fourth-order valence-corrected chi connectivity index (χ4v) is 4.99. The number of aryl methyl sites for hydroxylation is 1. The maximum Gasteiger partial charge on any atom is 0.270 e. The molecule has 0 spiro atoms. The summed E-state index contributed by atoms with van der Waals surface area (Å²) in [5.74, 6) is 0. The number of nitriles is 1. The van der Waals surface area contributed by atoms with Gasteiger partial charge in [0, 0.05) is 38.3 Å². The highest BCUT2D eigenvalue weighted by molar-refractivity contribution is 7.89. The summed E-state index contributed by atoms with van der Waals surface area (Å²) in [5.41, 5.74) is 1.08. The molecule has 8 nitrogen and oxygen atoms in total. The largest absolute Gasteiger partial charge is 0.282 e. The lowest BCUT2D eigenvalue weighted by molar-refractivity contribution is -0.385. The van der Waals surface area contributed by atoms with Crippen molar-refractivity contribution in [1.82, 2.24) is 9.21 Å². The molecule has 1 aliphatic rings. The third-order valence-corrected chi connectivity index (χ3v) is 6.92. The summed E-state index contributed by atoms with van der Waals surface area (Å²) in [6.45, 7) is 2.86. The average molecular weight is 400 g/mol. The lowest BCUT2D eigenvalue weighted by atomic mass is 10.1. The molecule has 0 aliphatic carbocycles. The van der Waals surface area contributed by atoms with Gasteiger partial charge in [-0.25, -0.2) is 8.42 Å². The molecule has 1 unspecified atom stereocenters. The first kappa shape index (κ1) is 19.9. The molecule has 1 aliphatic heterocycles. The van der Waals surface area contributed by atoms with Crippen LogP contribution in [0.4, 0.5) is 5.69 Å². The number of sulfonamides is 1. The normalized spacial score (nSPS) is 17.0. The molecule has 2 aromatic carbocycles. The van der Waals surface area contributed by atoms with Crippen LogP contribution in [0.15, 0.2) is 53.4 Å². The zero-order valence-electron chi connectivity index (χ0n) is 15.4. The summed E-state index contributed by atoms with van der Waals surface area (Å²) in [6, 6.07) is 15.1. The third-order valence-electron chi connectivity index (χ3n) is 4.88. The first-order valence-electron chi connectivity index (χ1n) is 8.78. The summed E-state index contributed by atoms with van der Waals surface area (Å²) in [7, 11) is -3.85. The molecule has 0 N–H and O–H groups in total. The van der Waals surface area contributed by atoms with Crippen molar-refractivity contribution in [2.45, 2.75) is 17.9 Å². The minimum atomic E-state index is -3.85. The standard InChI is InChI=1S/C19H20N4O4S/c1-15-7-8-17(23(24)25)13-19(15)28(26,27)22-11-9-21(10-12-22)18(14-20)16-5-3-2-4-6-16/h2-8,13,18H,9-12H2,1H3. The molecule has 0 radical (unpaired) electrons. The lowest BCUT2D eigenvalue weighted by Gasteiger charge is -2.36. The molecule has 3 rings (SSSR count). The summed E-state index contributed by atoms with van der Waals surface area (Å²) in [4.78, 5) is 12.3. The van der Waals surface area contributed by atoms with Crippen molar-refractivity contribution in [2.75, 3.05) is 26.2 Å². The second-order valence-corrected chi connectivity index (χ2v) is 8.50. The van der Waals surface area contributed by atoms with Gasteiger partial charge in [-0.2, -0.15) is 9.57 Å². The Balaban J connectivity index is 1.78. The van der Waals surface area contributed by atoms with E-state index < -0.39 is 21.0 Å². The SMILES string of the molecule is Cc1ccc([N+](=O)[O-])cc1S(=O)(=O)N1CCN(C(C#N)c2ccccc2)CC1. The van der Waals surface area contributed by atoms with Gasteiger partial charge in [0.15, 0.2) is 0 Å². The molecule has 0 aromatic heterocycles. The van der Waals surface area contributed by atoms with Gasteiger partial charge < -0.3 is 0 Å². The van der Waals surface area contributed by atoms with Crippen LogP contribution in [0, 0.1) is 28.4 Å². The predicted molar refractivity (Wildman–Crippen MR) is 103 cm³/mol. The van der Waals surface area contributed by atoms with E-state index in [1.54, 1.807) is 6.92 Å². The van der Waals surface area contributed by atoms with Gasteiger partial charge in [-0.1, -0.05) is 36.4 Å². The van der Waals surface area contributed by atoms with Crippen molar-refractivity contribution in [3.63, 3.8) is 0 Å². The van der Waals surface area contributed by atoms with Gasteiger partial charge in [0.25, 0.3) is 5.69 Å². The topological polar surface area (TPSA) is 108 Å². The smallest absolute Gasteiger partial charge is 0.270 e. The van der Waals surface area contributed by atoms with Crippen molar-refractivity contribution < 1.29 is 13.3 Å². The van der Waals surface area contributed by atoms with Gasteiger partial charge in [0.05, 0.1) is 15.9 Å². The third kappa shape index (κ3) is 3.89. The van der Waals surface area contributed by atoms with E-state index in [9.17, 15) is 23.8 Å². The zero-order chi connectivity index (χ0) is 20.3. The van der Waals surface area contributed by atoms with E-state index in [1.807, 2.05) is 35.2 Å². The highest BCUT2D eigenvalue weighted by atomic mass is 32.2. The number of non-ortho nitro benzene ring substituents is 1. The molecular formula is C19H20N4O4S. The van der Waals surface area contributed by atoms with E-state index in [0.29, 0.717) is 18.7 Å². The second kappa shape index (κ2) is 8.06. The van der Waals surface area contributed by atoms with Crippen LogP contribution in [0.1, 0.15) is 17.2 Å². The van der Waals surface area contributed by atoms with Gasteiger partial charge in [-0.15, -0.1) is 0 Å². The number of nitro benzene ring substituents is 1. The molecule has 0 bridgehead atoms. The van der Waals surface area contributed by atoms with Crippen molar-refractivity contribution in [2.24, 2.45) is 0 Å². The second-order valence-electron chi connectivity index (χ2n) is 6.59. The Kier molecular flexibility index (Phi) is 5.74. The zero-order valence-corrected chi connectivity index (χ0v) is 16.2. The highest BCUT2D eigenvalue weighted by Crippen LogP contribution is 2.27. The Labute approximate surface area is 163 Å². The molecule has 146 valence electrons. The van der Waals surface area contributed by atoms with Crippen molar-refractivity contribution in [3.05, 3.63) is 69.8 Å². The number of hydrogen-bond acceptors (Lipinski definition) is 6. The Morgan fingerprint density at radius 2 is 1.75 bits per heavy atom. The predicted octanol–water partition coefficient (Wildman–Crippen LogP) is 2.47. The molecule has 2 aromatic rings. The maximum absolute atomic E-state index is 13.0. The van der Waals surface area contributed by atoms with Crippen LogP contribution in [-0.4, -0.2) is 48.7 Å². The Morgan fingerprint density at radius 3 is 2.32 bits per heavy atom. The van der Waals surface area contributed by atoms with Gasteiger partial charge in [0.1, 0.15) is 6.04 Å². The molecule has 1 heterocycles. The molecule has 9 heteroatoms. The first-order valence-corrected chi connectivity index (χ1v) is 10.2. The van der Waals surface area contributed by atoms with Gasteiger partial charge >= 0.3 is 0 Å². The monoisotopic (exact) mass is 400 g/mol.